The van der Waals surface area contributed by atoms with Crippen molar-refractivity contribution in [3.05, 3.63) is 46.0 Å². The van der Waals surface area contributed by atoms with Crippen molar-refractivity contribution in [2.45, 2.75) is 19.9 Å². The largest absolute Gasteiger partial charge is 0.321 e. The van der Waals surface area contributed by atoms with Crippen LogP contribution in [0.5, 0.6) is 0 Å². The third-order valence-electron chi connectivity index (χ3n) is 1.77. The van der Waals surface area contributed by atoms with Crippen LogP contribution in [-0.2, 0) is 0 Å². The Labute approximate surface area is 87.8 Å². The van der Waals surface area contributed by atoms with E-state index in [1.54, 1.807) is 0 Å². The van der Waals surface area contributed by atoms with Crippen molar-refractivity contribution in [2.24, 2.45) is 5.73 Å². The molecule has 0 saturated heterocycles. The first-order valence-corrected chi connectivity index (χ1v) is 5.05. The lowest BCUT2D eigenvalue weighted by Gasteiger charge is -2.07. The average molecular weight is 240 g/mol. The first kappa shape index (κ1) is 10.5. The van der Waals surface area contributed by atoms with Gasteiger partial charge in [-0.15, -0.1) is 0 Å². The molecule has 0 spiro atoms. The standard InChI is InChI=1S/C11H14BrN/c1-8(2)7-11(13)9-3-5-10(12)6-4-9/h3-7,11H,13H2,1-2H3. The van der Waals surface area contributed by atoms with Gasteiger partial charge in [0.1, 0.15) is 0 Å². The molecule has 0 aliphatic heterocycles. The quantitative estimate of drug-likeness (QED) is 0.787. The summed E-state index contributed by atoms with van der Waals surface area (Å²) >= 11 is 3.39. The summed E-state index contributed by atoms with van der Waals surface area (Å²) in [6.07, 6.45) is 2.06. The predicted molar refractivity (Wildman–Crippen MR) is 60.5 cm³/mol. The number of hydrogen-bond donors (Lipinski definition) is 1. The summed E-state index contributed by atoms with van der Waals surface area (Å²) in [5.74, 6) is 0. The van der Waals surface area contributed by atoms with Crippen LogP contribution in [0.2, 0.25) is 0 Å². The van der Waals surface area contributed by atoms with Gasteiger partial charge < -0.3 is 5.73 Å². The van der Waals surface area contributed by atoms with Gasteiger partial charge in [0.2, 0.25) is 0 Å². The SMILES string of the molecule is CC(C)=CC(N)c1ccc(Br)cc1. The molecular weight excluding hydrogens is 226 g/mol. The van der Waals surface area contributed by atoms with Gasteiger partial charge in [0.05, 0.1) is 0 Å². The highest BCUT2D eigenvalue weighted by Crippen LogP contribution is 2.16. The smallest absolute Gasteiger partial charge is 0.0483 e. The molecular formula is C11H14BrN. The summed E-state index contributed by atoms with van der Waals surface area (Å²) < 4.78 is 1.08. The van der Waals surface area contributed by atoms with Crippen molar-refractivity contribution >= 4 is 15.9 Å². The van der Waals surface area contributed by atoms with Crippen LogP contribution in [0.15, 0.2) is 40.4 Å². The molecule has 2 N–H and O–H groups in total. The maximum atomic E-state index is 5.95. The molecule has 13 heavy (non-hydrogen) atoms. The van der Waals surface area contributed by atoms with E-state index in [-0.39, 0.29) is 6.04 Å². The fourth-order valence-corrected chi connectivity index (χ4v) is 1.40. The zero-order chi connectivity index (χ0) is 9.84. The number of halogens is 1. The van der Waals surface area contributed by atoms with Crippen molar-refractivity contribution in [1.29, 1.82) is 0 Å². The van der Waals surface area contributed by atoms with Crippen LogP contribution in [0.4, 0.5) is 0 Å². The van der Waals surface area contributed by atoms with Crippen molar-refractivity contribution in [2.75, 3.05) is 0 Å². The van der Waals surface area contributed by atoms with E-state index in [4.69, 9.17) is 5.73 Å². The Morgan fingerprint density at radius 1 is 1.31 bits per heavy atom. The molecule has 0 aliphatic carbocycles. The molecule has 2 heteroatoms. The molecule has 0 bridgehead atoms. The zero-order valence-corrected chi connectivity index (χ0v) is 9.51. The van der Waals surface area contributed by atoms with Crippen molar-refractivity contribution in [3.8, 4) is 0 Å². The van der Waals surface area contributed by atoms with Gasteiger partial charge >= 0.3 is 0 Å². The molecule has 1 aromatic carbocycles. The van der Waals surface area contributed by atoms with Crippen molar-refractivity contribution in [3.63, 3.8) is 0 Å². The van der Waals surface area contributed by atoms with Gasteiger partial charge in [-0.05, 0) is 31.5 Å². The Kier molecular flexibility index (Phi) is 3.70. The molecule has 0 saturated carbocycles. The van der Waals surface area contributed by atoms with Gasteiger partial charge in [0, 0.05) is 10.5 Å². The van der Waals surface area contributed by atoms with Crippen LogP contribution < -0.4 is 5.73 Å². The second-order valence-corrected chi connectivity index (χ2v) is 4.24. The Morgan fingerprint density at radius 3 is 2.31 bits per heavy atom. The third kappa shape index (κ3) is 3.33. The minimum atomic E-state index is 0.0121. The molecule has 1 nitrogen and oxygen atoms in total. The van der Waals surface area contributed by atoms with Gasteiger partial charge in [-0.25, -0.2) is 0 Å². The van der Waals surface area contributed by atoms with Gasteiger partial charge in [0.15, 0.2) is 0 Å². The van der Waals surface area contributed by atoms with E-state index in [9.17, 15) is 0 Å². The van der Waals surface area contributed by atoms with Gasteiger partial charge in [0.25, 0.3) is 0 Å². The highest BCUT2D eigenvalue weighted by Gasteiger charge is 2.00. The monoisotopic (exact) mass is 239 g/mol. The van der Waals surface area contributed by atoms with Crippen LogP contribution in [0.1, 0.15) is 25.5 Å². The number of allylic oxidation sites excluding steroid dienone is 1. The molecule has 0 fully saturated rings. The van der Waals surface area contributed by atoms with Gasteiger partial charge in [-0.1, -0.05) is 39.7 Å². The number of rotatable bonds is 2. The summed E-state index contributed by atoms with van der Waals surface area (Å²) in [6.45, 7) is 4.11. The summed E-state index contributed by atoms with van der Waals surface area (Å²) in [5, 5.41) is 0. The predicted octanol–water partition coefficient (Wildman–Crippen LogP) is 3.42. The highest BCUT2D eigenvalue weighted by molar-refractivity contribution is 9.10. The van der Waals surface area contributed by atoms with E-state index in [0.717, 1.165) is 10.0 Å². The molecule has 0 radical (unpaired) electrons. The highest BCUT2D eigenvalue weighted by atomic mass is 79.9. The van der Waals surface area contributed by atoms with E-state index in [1.165, 1.54) is 5.57 Å². The Morgan fingerprint density at radius 2 is 1.85 bits per heavy atom. The summed E-state index contributed by atoms with van der Waals surface area (Å²) in [5.41, 5.74) is 8.34. The number of benzene rings is 1. The van der Waals surface area contributed by atoms with Crippen LogP contribution in [0.3, 0.4) is 0 Å². The van der Waals surface area contributed by atoms with Crippen molar-refractivity contribution in [1.82, 2.24) is 0 Å². The lowest BCUT2D eigenvalue weighted by molar-refractivity contribution is 0.899. The van der Waals surface area contributed by atoms with Crippen LogP contribution in [0, 0.1) is 0 Å². The average Bonchev–Trinajstić information content (AvgIpc) is 2.04. The maximum Gasteiger partial charge on any atom is 0.0483 e. The number of nitrogens with two attached hydrogens (primary N) is 1. The molecule has 1 aromatic rings. The fraction of sp³-hybridized carbons (Fsp3) is 0.273. The van der Waals surface area contributed by atoms with E-state index < -0.39 is 0 Å². The van der Waals surface area contributed by atoms with Crippen molar-refractivity contribution < 1.29 is 0 Å². The van der Waals surface area contributed by atoms with Gasteiger partial charge in [-0.3, -0.25) is 0 Å². The second-order valence-electron chi connectivity index (χ2n) is 3.32. The molecule has 0 heterocycles. The molecule has 0 aliphatic rings. The van der Waals surface area contributed by atoms with E-state index in [1.807, 2.05) is 24.3 Å². The summed E-state index contributed by atoms with van der Waals surface area (Å²) in [7, 11) is 0. The minimum absolute atomic E-state index is 0.0121. The van der Waals surface area contributed by atoms with E-state index >= 15 is 0 Å². The molecule has 1 unspecified atom stereocenters. The van der Waals surface area contributed by atoms with E-state index in [0.29, 0.717) is 0 Å². The lowest BCUT2D eigenvalue weighted by Crippen LogP contribution is -2.06. The van der Waals surface area contributed by atoms with E-state index in [2.05, 4.69) is 35.9 Å². The maximum absolute atomic E-state index is 5.95. The molecule has 0 aromatic heterocycles. The van der Waals surface area contributed by atoms with Crippen LogP contribution >= 0.6 is 15.9 Å². The lowest BCUT2D eigenvalue weighted by atomic mass is 10.1. The summed E-state index contributed by atoms with van der Waals surface area (Å²) in [4.78, 5) is 0. The summed E-state index contributed by atoms with van der Waals surface area (Å²) in [6, 6.07) is 8.10. The Bertz CT molecular complexity index is 296. The first-order valence-electron chi connectivity index (χ1n) is 4.25. The third-order valence-corrected chi connectivity index (χ3v) is 2.30. The Balaban J connectivity index is 2.83. The first-order chi connectivity index (χ1) is 6.09. The minimum Gasteiger partial charge on any atom is -0.321 e. The van der Waals surface area contributed by atoms with Gasteiger partial charge in [-0.2, -0.15) is 0 Å². The normalized spacial score (nSPS) is 12.3. The number of hydrogen-bond acceptors (Lipinski definition) is 1. The topological polar surface area (TPSA) is 26.0 Å². The van der Waals surface area contributed by atoms with Crippen LogP contribution in [-0.4, -0.2) is 0 Å². The molecule has 70 valence electrons. The Hall–Kier alpha value is -0.600. The zero-order valence-electron chi connectivity index (χ0n) is 7.92. The molecule has 0 amide bonds. The van der Waals surface area contributed by atoms with Crippen LogP contribution in [0.25, 0.3) is 0 Å². The molecule has 1 rings (SSSR count). The molecule has 1 atom stereocenters. The fourth-order valence-electron chi connectivity index (χ4n) is 1.14. The second kappa shape index (κ2) is 4.58.